The number of aromatic carboxylic acids is 1. The van der Waals surface area contributed by atoms with Gasteiger partial charge in [-0.3, -0.25) is 10.1 Å². The van der Waals surface area contributed by atoms with Crippen molar-refractivity contribution in [2.24, 2.45) is 0 Å². The van der Waals surface area contributed by atoms with Gasteiger partial charge in [-0.1, -0.05) is 0 Å². The summed E-state index contributed by atoms with van der Waals surface area (Å²) in [6.45, 7) is 0. The lowest BCUT2D eigenvalue weighted by Crippen LogP contribution is -2.20. The molecular weight excluding hydrogens is 293 g/mol. The van der Waals surface area contributed by atoms with E-state index < -0.39 is 45.7 Å². The molecule has 0 aliphatic carbocycles. The number of hydrogen-bond donors (Lipinski definition) is 4. The zero-order chi connectivity index (χ0) is 15.4. The maximum absolute atomic E-state index is 13.7. The Bertz CT molecular complexity index is 538. The van der Waals surface area contributed by atoms with E-state index in [2.05, 4.69) is 12.6 Å². The van der Waals surface area contributed by atoms with Crippen LogP contribution in [0.1, 0.15) is 28.4 Å². The van der Waals surface area contributed by atoms with Crippen LogP contribution >= 0.6 is 12.6 Å². The van der Waals surface area contributed by atoms with Gasteiger partial charge in [0.05, 0.1) is 11.0 Å². The number of benzene rings is 1. The number of thiol groups is 1. The highest BCUT2D eigenvalue weighted by molar-refractivity contribution is 7.80. The van der Waals surface area contributed by atoms with Crippen molar-refractivity contribution in [3.63, 3.8) is 0 Å². The van der Waals surface area contributed by atoms with Gasteiger partial charge in [-0.15, -0.1) is 0 Å². The number of halogens is 1. The molecule has 0 fully saturated rings. The van der Waals surface area contributed by atoms with E-state index in [0.29, 0.717) is 12.1 Å². The summed E-state index contributed by atoms with van der Waals surface area (Å²) in [5, 5.41) is 38.8. The van der Waals surface area contributed by atoms with E-state index in [1.54, 1.807) is 0 Å². The Kier molecular flexibility index (Phi) is 5.43. The van der Waals surface area contributed by atoms with Crippen LogP contribution in [0.5, 0.6) is 0 Å². The second-order valence-corrected chi connectivity index (χ2v) is 4.42. The van der Waals surface area contributed by atoms with Gasteiger partial charge in [0.25, 0.3) is 5.69 Å². The summed E-state index contributed by atoms with van der Waals surface area (Å²) in [5.74, 6) is -2.58. The fourth-order valence-electron chi connectivity index (χ4n) is 1.62. The van der Waals surface area contributed by atoms with Gasteiger partial charge in [-0.25, -0.2) is 9.18 Å². The maximum atomic E-state index is 13.7. The molecule has 1 aromatic rings. The fraction of sp³-hybridized carbons (Fsp3) is 0.364. The van der Waals surface area contributed by atoms with Crippen LogP contribution in [0.3, 0.4) is 0 Å². The molecule has 0 aliphatic heterocycles. The van der Waals surface area contributed by atoms with Crippen molar-refractivity contribution in [2.75, 3.05) is 5.75 Å². The minimum Gasteiger partial charge on any atom is -0.477 e. The topological polar surface area (TPSA) is 121 Å². The lowest BCUT2D eigenvalue weighted by molar-refractivity contribution is -0.385. The van der Waals surface area contributed by atoms with Crippen LogP contribution in [0, 0.1) is 15.9 Å². The average Bonchev–Trinajstić information content (AvgIpc) is 2.37. The smallest absolute Gasteiger partial charge is 0.342 e. The first-order chi connectivity index (χ1) is 9.29. The molecule has 1 aromatic carbocycles. The third kappa shape index (κ3) is 3.44. The van der Waals surface area contributed by atoms with E-state index in [1.165, 1.54) is 0 Å². The van der Waals surface area contributed by atoms with E-state index in [1.807, 2.05) is 0 Å². The highest BCUT2D eigenvalue weighted by Crippen LogP contribution is 2.29. The Morgan fingerprint density at radius 1 is 1.45 bits per heavy atom. The normalized spacial score (nSPS) is 13.8. The molecule has 0 radical (unpaired) electrons. The fourth-order valence-corrected chi connectivity index (χ4v) is 1.89. The van der Waals surface area contributed by atoms with Crippen molar-refractivity contribution < 1.29 is 29.4 Å². The van der Waals surface area contributed by atoms with Crippen molar-refractivity contribution in [1.29, 1.82) is 0 Å². The van der Waals surface area contributed by atoms with Crippen LogP contribution in [0.4, 0.5) is 10.1 Å². The van der Waals surface area contributed by atoms with Gasteiger partial charge in [0, 0.05) is 11.6 Å². The highest BCUT2D eigenvalue weighted by atomic mass is 32.1. The van der Waals surface area contributed by atoms with Crippen LogP contribution in [0.25, 0.3) is 0 Å². The van der Waals surface area contributed by atoms with Crippen molar-refractivity contribution in [3.05, 3.63) is 39.2 Å². The summed E-state index contributed by atoms with van der Waals surface area (Å²) in [6.07, 6.45) is -3.03. The van der Waals surface area contributed by atoms with Crippen molar-refractivity contribution in [1.82, 2.24) is 0 Å². The second-order valence-electron chi connectivity index (χ2n) is 3.98. The molecule has 9 heteroatoms. The van der Waals surface area contributed by atoms with Crippen LogP contribution in [0.2, 0.25) is 0 Å². The first kappa shape index (κ1) is 16.3. The summed E-state index contributed by atoms with van der Waals surface area (Å²) in [7, 11) is 0. The summed E-state index contributed by atoms with van der Waals surface area (Å²) in [6, 6.07) is 1.07. The third-order valence-corrected chi connectivity index (χ3v) is 2.91. The molecule has 2 atom stereocenters. The quantitative estimate of drug-likeness (QED) is 0.355. The number of nitro benzene ring substituents is 1. The minimum absolute atomic E-state index is 0.0399. The van der Waals surface area contributed by atoms with Gasteiger partial charge in [-0.05, 0) is 18.2 Å². The Morgan fingerprint density at radius 3 is 2.50 bits per heavy atom. The lowest BCUT2D eigenvalue weighted by atomic mass is 9.99. The van der Waals surface area contributed by atoms with E-state index in [4.69, 9.17) is 5.11 Å². The number of rotatable bonds is 6. The zero-order valence-corrected chi connectivity index (χ0v) is 11.0. The molecule has 20 heavy (non-hydrogen) atoms. The molecule has 0 aliphatic rings. The lowest BCUT2D eigenvalue weighted by Gasteiger charge is -2.18. The number of carboxylic acids is 1. The van der Waals surface area contributed by atoms with Crippen LogP contribution in [-0.2, 0) is 0 Å². The van der Waals surface area contributed by atoms with Crippen molar-refractivity contribution >= 4 is 24.3 Å². The Labute approximate surface area is 118 Å². The van der Waals surface area contributed by atoms with Crippen molar-refractivity contribution in [3.8, 4) is 0 Å². The Hall–Kier alpha value is -1.71. The molecule has 0 bridgehead atoms. The average molecular weight is 305 g/mol. The third-order valence-electron chi connectivity index (χ3n) is 2.65. The molecule has 7 nitrogen and oxygen atoms in total. The molecule has 1 rings (SSSR count). The van der Waals surface area contributed by atoms with Crippen molar-refractivity contribution in [2.45, 2.75) is 18.6 Å². The Balaban J connectivity index is 3.32. The monoisotopic (exact) mass is 305 g/mol. The maximum Gasteiger partial charge on any atom is 0.342 e. The predicted molar refractivity (Wildman–Crippen MR) is 69.5 cm³/mol. The van der Waals surface area contributed by atoms with Gasteiger partial charge in [-0.2, -0.15) is 12.6 Å². The number of hydrogen-bond acceptors (Lipinski definition) is 6. The summed E-state index contributed by atoms with van der Waals surface area (Å²) < 4.78 is 13.7. The molecule has 0 aromatic heterocycles. The molecule has 0 saturated carbocycles. The predicted octanol–water partition coefficient (Wildman–Crippen LogP) is 1.15. The van der Waals surface area contributed by atoms with Gasteiger partial charge in [0.2, 0.25) is 0 Å². The first-order valence-corrected chi connectivity index (χ1v) is 6.11. The molecule has 0 saturated heterocycles. The van der Waals surface area contributed by atoms with Gasteiger partial charge >= 0.3 is 5.97 Å². The van der Waals surface area contributed by atoms with Gasteiger partial charge in [0.15, 0.2) is 0 Å². The molecule has 0 spiro atoms. The van der Waals surface area contributed by atoms with Crippen LogP contribution < -0.4 is 0 Å². The number of carbonyl (C=O) groups is 1. The number of aliphatic hydroxyl groups excluding tert-OH is 2. The molecule has 2 unspecified atom stereocenters. The molecule has 110 valence electrons. The number of carboxylic acid groups (broad SMARTS) is 1. The summed E-state index contributed by atoms with van der Waals surface area (Å²) in [4.78, 5) is 20.6. The van der Waals surface area contributed by atoms with Gasteiger partial charge < -0.3 is 15.3 Å². The SMILES string of the molecule is O=C(O)c1cc(F)c(C(O)C(O)CCS)cc1[N+](=O)[O-]. The highest BCUT2D eigenvalue weighted by Gasteiger charge is 2.28. The van der Waals surface area contributed by atoms with Gasteiger partial charge in [0.1, 0.15) is 17.5 Å². The Morgan fingerprint density at radius 2 is 2.05 bits per heavy atom. The number of nitro groups is 1. The minimum atomic E-state index is -1.70. The first-order valence-electron chi connectivity index (χ1n) is 5.47. The van der Waals surface area contributed by atoms with Crippen LogP contribution in [-0.4, -0.2) is 38.1 Å². The van der Waals surface area contributed by atoms with E-state index in [0.717, 1.165) is 0 Å². The van der Waals surface area contributed by atoms with Crippen LogP contribution in [0.15, 0.2) is 12.1 Å². The summed E-state index contributed by atoms with van der Waals surface area (Å²) in [5.41, 5.74) is -2.21. The molecular formula is C11H12FNO6S. The van der Waals surface area contributed by atoms with E-state index in [9.17, 15) is 29.5 Å². The standard InChI is InChI=1S/C11H12FNO6S/c12-7-3-6(11(16)17)8(13(18)19)4-5(7)10(15)9(14)1-2-20/h3-4,9-10,14-15,20H,1-2H2,(H,16,17). The summed E-state index contributed by atoms with van der Waals surface area (Å²) >= 11 is 3.84. The van der Waals surface area contributed by atoms with E-state index in [-0.39, 0.29) is 12.2 Å². The molecule has 0 heterocycles. The zero-order valence-electron chi connectivity index (χ0n) is 10.1. The van der Waals surface area contributed by atoms with E-state index >= 15 is 0 Å². The molecule has 0 amide bonds. The number of aliphatic hydroxyl groups is 2. The second kappa shape index (κ2) is 6.64. The number of nitrogens with zero attached hydrogens (tertiary/aromatic N) is 1. The molecule has 3 N–H and O–H groups in total. The largest absolute Gasteiger partial charge is 0.477 e.